The Balaban J connectivity index is 1.60. The highest BCUT2D eigenvalue weighted by atomic mass is 35.5. The number of aryl methyl sites for hydroxylation is 1. The number of anilines is 2. The molecule has 2 amide bonds. The van der Waals surface area contributed by atoms with E-state index in [1.165, 1.54) is 22.7 Å². The number of hydrogen-bond donors (Lipinski definition) is 2. The highest BCUT2D eigenvalue weighted by Gasteiger charge is 2.12. The van der Waals surface area contributed by atoms with Gasteiger partial charge in [0.2, 0.25) is 5.91 Å². The predicted octanol–water partition coefficient (Wildman–Crippen LogP) is 4.60. The maximum atomic E-state index is 12.2. The van der Waals surface area contributed by atoms with Crippen LogP contribution in [0, 0.1) is 6.92 Å². The Morgan fingerprint density at radius 3 is 2.80 bits per heavy atom. The van der Waals surface area contributed by atoms with Crippen LogP contribution in [0.25, 0.3) is 0 Å². The van der Waals surface area contributed by atoms with Gasteiger partial charge in [-0.3, -0.25) is 14.9 Å². The summed E-state index contributed by atoms with van der Waals surface area (Å²) in [7, 11) is 0. The Kier molecular flexibility index (Phi) is 5.47. The number of hydrogen-bond acceptors (Lipinski definition) is 5. The fourth-order valence-corrected chi connectivity index (χ4v) is 3.60. The number of aromatic nitrogens is 1. The normalized spacial score (nSPS) is 10.5. The standard InChI is InChI=1S/C17H14ClN3O2S2/c1-10-4-5-11(18)7-13(10)20-15(22)8-12-9-25-17(19-12)21-16(23)14-3-2-6-24-14/h2-7,9H,8H2,1H3,(H,20,22)(H,19,21,23). The van der Waals surface area contributed by atoms with E-state index in [-0.39, 0.29) is 18.2 Å². The van der Waals surface area contributed by atoms with E-state index in [1.54, 1.807) is 23.6 Å². The lowest BCUT2D eigenvalue weighted by Gasteiger charge is -2.08. The smallest absolute Gasteiger partial charge is 0.267 e. The second kappa shape index (κ2) is 7.77. The van der Waals surface area contributed by atoms with Crippen molar-refractivity contribution in [3.8, 4) is 0 Å². The van der Waals surface area contributed by atoms with E-state index in [2.05, 4.69) is 15.6 Å². The Hall–Kier alpha value is -2.22. The first kappa shape index (κ1) is 17.6. The van der Waals surface area contributed by atoms with Crippen LogP contribution in [0.5, 0.6) is 0 Å². The van der Waals surface area contributed by atoms with Gasteiger partial charge in [-0.2, -0.15) is 0 Å². The summed E-state index contributed by atoms with van der Waals surface area (Å²) in [6, 6.07) is 8.89. The number of thiazole rings is 1. The molecule has 5 nitrogen and oxygen atoms in total. The molecule has 0 bridgehead atoms. The third-order valence-corrected chi connectivity index (χ3v) is 5.24. The first-order valence-corrected chi connectivity index (χ1v) is 9.50. The molecule has 128 valence electrons. The third-order valence-electron chi connectivity index (χ3n) is 3.33. The molecule has 0 unspecified atom stereocenters. The van der Waals surface area contributed by atoms with E-state index in [0.29, 0.717) is 26.4 Å². The lowest BCUT2D eigenvalue weighted by molar-refractivity contribution is -0.115. The van der Waals surface area contributed by atoms with Gasteiger partial charge in [0, 0.05) is 16.1 Å². The van der Waals surface area contributed by atoms with Crippen molar-refractivity contribution in [1.82, 2.24) is 4.98 Å². The molecule has 0 atom stereocenters. The number of nitrogens with zero attached hydrogens (tertiary/aromatic N) is 1. The van der Waals surface area contributed by atoms with Gasteiger partial charge in [-0.05, 0) is 36.1 Å². The predicted molar refractivity (Wildman–Crippen MR) is 103 cm³/mol. The molecule has 3 rings (SSSR count). The fraction of sp³-hybridized carbons (Fsp3) is 0.118. The van der Waals surface area contributed by atoms with Gasteiger partial charge >= 0.3 is 0 Å². The van der Waals surface area contributed by atoms with Crippen LogP contribution in [0.3, 0.4) is 0 Å². The fourth-order valence-electron chi connectivity index (χ4n) is 2.10. The first-order chi connectivity index (χ1) is 12.0. The molecular formula is C17H14ClN3O2S2. The first-order valence-electron chi connectivity index (χ1n) is 7.36. The zero-order valence-corrected chi connectivity index (χ0v) is 15.6. The average molecular weight is 392 g/mol. The number of benzene rings is 1. The van der Waals surface area contributed by atoms with Crippen LogP contribution in [0.2, 0.25) is 5.02 Å². The van der Waals surface area contributed by atoms with Crippen molar-refractivity contribution in [2.75, 3.05) is 10.6 Å². The number of carbonyl (C=O) groups excluding carboxylic acids is 2. The maximum Gasteiger partial charge on any atom is 0.267 e. The third kappa shape index (κ3) is 4.66. The van der Waals surface area contributed by atoms with Crippen molar-refractivity contribution in [3.05, 3.63) is 62.2 Å². The van der Waals surface area contributed by atoms with E-state index in [4.69, 9.17) is 11.6 Å². The molecule has 0 saturated carbocycles. The Labute approximate surface area is 157 Å². The van der Waals surface area contributed by atoms with Gasteiger partial charge in [-0.15, -0.1) is 22.7 Å². The van der Waals surface area contributed by atoms with Gasteiger partial charge in [0.05, 0.1) is 17.0 Å². The monoisotopic (exact) mass is 391 g/mol. The molecule has 0 aliphatic carbocycles. The number of carbonyl (C=O) groups is 2. The molecule has 0 radical (unpaired) electrons. The van der Waals surface area contributed by atoms with E-state index in [0.717, 1.165) is 5.56 Å². The van der Waals surface area contributed by atoms with Gasteiger partial charge in [0.25, 0.3) is 5.91 Å². The second-order valence-corrected chi connectivity index (χ2v) is 7.50. The van der Waals surface area contributed by atoms with Crippen LogP contribution >= 0.6 is 34.3 Å². The van der Waals surface area contributed by atoms with Crippen LogP contribution in [-0.2, 0) is 11.2 Å². The summed E-state index contributed by atoms with van der Waals surface area (Å²) in [4.78, 5) is 29.1. The zero-order valence-electron chi connectivity index (χ0n) is 13.2. The number of amides is 2. The molecule has 2 N–H and O–H groups in total. The summed E-state index contributed by atoms with van der Waals surface area (Å²) in [6.07, 6.45) is 0.122. The van der Waals surface area contributed by atoms with E-state index < -0.39 is 0 Å². The summed E-state index contributed by atoms with van der Waals surface area (Å²) in [5, 5.41) is 10.2. The molecule has 2 heterocycles. The highest BCUT2D eigenvalue weighted by molar-refractivity contribution is 7.14. The summed E-state index contributed by atoms with van der Waals surface area (Å²) in [6.45, 7) is 1.90. The summed E-state index contributed by atoms with van der Waals surface area (Å²) in [5.41, 5.74) is 2.21. The highest BCUT2D eigenvalue weighted by Crippen LogP contribution is 2.21. The summed E-state index contributed by atoms with van der Waals surface area (Å²) < 4.78 is 0. The molecular weight excluding hydrogens is 378 g/mol. The zero-order chi connectivity index (χ0) is 17.8. The molecule has 1 aromatic carbocycles. The van der Waals surface area contributed by atoms with Crippen LogP contribution < -0.4 is 10.6 Å². The maximum absolute atomic E-state index is 12.2. The van der Waals surface area contributed by atoms with Gasteiger partial charge in [-0.1, -0.05) is 23.7 Å². The number of thiophene rings is 1. The molecule has 0 spiro atoms. The lowest BCUT2D eigenvalue weighted by atomic mass is 10.2. The Morgan fingerprint density at radius 2 is 2.04 bits per heavy atom. The van der Waals surface area contributed by atoms with E-state index in [9.17, 15) is 9.59 Å². The minimum Gasteiger partial charge on any atom is -0.325 e. The summed E-state index contributed by atoms with van der Waals surface area (Å²) >= 11 is 8.60. The average Bonchev–Trinajstić information content (AvgIpc) is 3.23. The number of nitrogens with one attached hydrogen (secondary N) is 2. The molecule has 0 aliphatic rings. The van der Waals surface area contributed by atoms with Crippen molar-refractivity contribution in [3.63, 3.8) is 0 Å². The second-order valence-electron chi connectivity index (χ2n) is 5.26. The van der Waals surface area contributed by atoms with Gasteiger partial charge in [0.15, 0.2) is 5.13 Å². The van der Waals surface area contributed by atoms with E-state index >= 15 is 0 Å². The molecule has 3 aromatic rings. The molecule has 0 fully saturated rings. The molecule has 8 heteroatoms. The van der Waals surface area contributed by atoms with Crippen molar-refractivity contribution < 1.29 is 9.59 Å². The summed E-state index contributed by atoms with van der Waals surface area (Å²) in [5.74, 6) is -0.387. The van der Waals surface area contributed by atoms with Crippen LogP contribution in [-0.4, -0.2) is 16.8 Å². The molecule has 2 aromatic heterocycles. The van der Waals surface area contributed by atoms with Gasteiger partial charge in [-0.25, -0.2) is 4.98 Å². The Bertz CT molecular complexity index is 907. The minimum absolute atomic E-state index is 0.122. The number of halogens is 1. The van der Waals surface area contributed by atoms with E-state index in [1.807, 2.05) is 24.4 Å². The Morgan fingerprint density at radius 1 is 1.20 bits per heavy atom. The van der Waals surface area contributed by atoms with Crippen molar-refractivity contribution >= 4 is 56.9 Å². The molecule has 0 saturated heterocycles. The molecule has 0 aliphatic heterocycles. The SMILES string of the molecule is Cc1ccc(Cl)cc1NC(=O)Cc1csc(NC(=O)c2cccs2)n1. The minimum atomic E-state index is -0.199. The van der Waals surface area contributed by atoms with Crippen LogP contribution in [0.4, 0.5) is 10.8 Å². The van der Waals surface area contributed by atoms with Gasteiger partial charge < -0.3 is 5.32 Å². The van der Waals surface area contributed by atoms with Crippen LogP contribution in [0.15, 0.2) is 41.1 Å². The van der Waals surface area contributed by atoms with Crippen molar-refractivity contribution in [2.45, 2.75) is 13.3 Å². The van der Waals surface area contributed by atoms with Crippen LogP contribution in [0.1, 0.15) is 20.9 Å². The lowest BCUT2D eigenvalue weighted by Crippen LogP contribution is -2.15. The van der Waals surface area contributed by atoms with Crippen molar-refractivity contribution in [1.29, 1.82) is 0 Å². The topological polar surface area (TPSA) is 71.1 Å². The number of rotatable bonds is 5. The van der Waals surface area contributed by atoms with Gasteiger partial charge in [0.1, 0.15) is 0 Å². The quantitative estimate of drug-likeness (QED) is 0.667. The van der Waals surface area contributed by atoms with Crippen molar-refractivity contribution in [2.24, 2.45) is 0 Å². The largest absolute Gasteiger partial charge is 0.325 e. The molecule has 25 heavy (non-hydrogen) atoms.